The van der Waals surface area contributed by atoms with Crippen LogP contribution in [0.2, 0.25) is 0 Å². The molecule has 1 aromatic carbocycles. The highest BCUT2D eigenvalue weighted by Crippen LogP contribution is 2.58. The largest absolute Gasteiger partial charge is 0.496 e. The highest BCUT2D eigenvalue weighted by molar-refractivity contribution is 5.95. The summed E-state index contributed by atoms with van der Waals surface area (Å²) in [6.07, 6.45) is 14.0. The molecule has 0 aliphatic heterocycles. The maximum Gasteiger partial charge on any atom is 0.407 e. The Kier molecular flexibility index (Phi) is 10.3. The number of rotatable bonds is 12. The zero-order valence-corrected chi connectivity index (χ0v) is 29.9. The highest BCUT2D eigenvalue weighted by atomic mass is 16.5. The number of nitrogens with zero attached hydrogens (tertiary/aromatic N) is 5. The third kappa shape index (κ3) is 7.21. The minimum Gasteiger partial charge on any atom is -0.496 e. The fourth-order valence-electron chi connectivity index (χ4n) is 8.74. The Morgan fingerprint density at radius 3 is 2.31 bits per heavy atom. The van der Waals surface area contributed by atoms with Crippen LogP contribution in [0.25, 0.3) is 11.1 Å². The van der Waals surface area contributed by atoms with Crippen molar-refractivity contribution in [3.63, 3.8) is 0 Å². The number of amides is 2. The van der Waals surface area contributed by atoms with Crippen LogP contribution in [0.4, 0.5) is 10.6 Å². The van der Waals surface area contributed by atoms with Crippen molar-refractivity contribution in [1.29, 1.82) is 0 Å². The fraction of sp³-hybridized carbons (Fsp3) is 0.590. The molecular formula is C39H53N5O5. The number of fused-ring (bicyclic) bond motifs is 3. The molecule has 4 fully saturated rings. The molecule has 2 bridgehead atoms. The standard InChI is InChI=1S/C39H53N5O5/c1-27(2)44-25-31(24-41-44)30-12-19-40-35(23-30)43(36(45)29-6-9-33(10-7-29)42(37(46)47)20-21-48-4)26-38-13-16-39(17-14-38,18-15-38)32-8-11-34(49-5)28(3)22-32/h8,11-12,19,22-25,27,29,33H,6-7,9-10,13-18,20-21,26H2,1-5H3,(H,46,47). The Labute approximate surface area is 290 Å². The van der Waals surface area contributed by atoms with Crippen LogP contribution in [0.5, 0.6) is 5.75 Å². The Hall–Kier alpha value is -3.92. The average molecular weight is 672 g/mol. The van der Waals surface area contributed by atoms with Gasteiger partial charge in [-0.25, -0.2) is 9.78 Å². The maximum absolute atomic E-state index is 14.7. The lowest BCUT2D eigenvalue weighted by molar-refractivity contribution is -0.124. The number of methoxy groups -OCH3 is 2. The number of carbonyl (C=O) groups excluding carboxylic acids is 1. The lowest BCUT2D eigenvalue weighted by Gasteiger charge is -2.55. The number of ether oxygens (including phenoxy) is 2. The summed E-state index contributed by atoms with van der Waals surface area (Å²) in [7, 11) is 3.31. The molecule has 2 aromatic heterocycles. The van der Waals surface area contributed by atoms with Gasteiger partial charge in [0, 0.05) is 56.2 Å². The first-order chi connectivity index (χ1) is 23.6. The molecule has 10 nitrogen and oxygen atoms in total. The van der Waals surface area contributed by atoms with Gasteiger partial charge in [-0.15, -0.1) is 0 Å². The molecule has 10 heteroatoms. The lowest BCUT2D eigenvalue weighted by Crippen LogP contribution is -2.52. The van der Waals surface area contributed by atoms with Gasteiger partial charge in [0.05, 0.1) is 19.9 Å². The molecule has 0 saturated heterocycles. The summed E-state index contributed by atoms with van der Waals surface area (Å²) in [6, 6.07) is 10.9. The number of benzene rings is 1. The van der Waals surface area contributed by atoms with Gasteiger partial charge in [-0.05, 0) is 131 Å². The van der Waals surface area contributed by atoms with Gasteiger partial charge in [-0.3, -0.25) is 14.4 Å². The molecule has 0 atom stereocenters. The van der Waals surface area contributed by atoms with Crippen LogP contribution in [0.15, 0.2) is 48.9 Å². The highest BCUT2D eigenvalue weighted by Gasteiger charge is 2.51. The Bertz CT molecular complexity index is 1600. The van der Waals surface area contributed by atoms with Crippen molar-refractivity contribution in [3.05, 3.63) is 60.0 Å². The second-order valence-electron chi connectivity index (χ2n) is 15.1. The van der Waals surface area contributed by atoms with Crippen LogP contribution in [0.3, 0.4) is 0 Å². The number of carbonyl (C=O) groups is 2. The first-order valence-electron chi connectivity index (χ1n) is 18.0. The normalized spacial score (nSPS) is 24.9. The Balaban J connectivity index is 1.24. The minimum atomic E-state index is -0.926. The molecular weight excluding hydrogens is 618 g/mol. The van der Waals surface area contributed by atoms with Crippen LogP contribution in [0.1, 0.15) is 95.2 Å². The number of aromatic nitrogens is 3. The van der Waals surface area contributed by atoms with Crippen LogP contribution < -0.4 is 9.64 Å². The lowest BCUT2D eigenvalue weighted by atomic mass is 9.51. The number of carboxylic acid groups (broad SMARTS) is 1. The summed E-state index contributed by atoms with van der Waals surface area (Å²) < 4.78 is 12.7. The average Bonchev–Trinajstić information content (AvgIpc) is 3.63. The van der Waals surface area contributed by atoms with E-state index in [4.69, 9.17) is 14.5 Å². The molecule has 49 heavy (non-hydrogen) atoms. The smallest absolute Gasteiger partial charge is 0.407 e. The molecule has 2 amide bonds. The topological polar surface area (TPSA) is 110 Å². The van der Waals surface area contributed by atoms with E-state index < -0.39 is 6.09 Å². The van der Waals surface area contributed by atoms with E-state index in [-0.39, 0.29) is 34.7 Å². The number of hydrogen-bond acceptors (Lipinski definition) is 6. The second kappa shape index (κ2) is 14.5. The van der Waals surface area contributed by atoms with E-state index in [1.807, 2.05) is 28.0 Å². The van der Waals surface area contributed by atoms with Crippen molar-refractivity contribution in [2.45, 2.75) is 102 Å². The monoisotopic (exact) mass is 671 g/mol. The van der Waals surface area contributed by atoms with E-state index in [1.54, 1.807) is 14.2 Å². The summed E-state index contributed by atoms with van der Waals surface area (Å²) >= 11 is 0. The molecule has 1 N–H and O–H groups in total. The van der Waals surface area contributed by atoms with Crippen LogP contribution in [-0.4, -0.2) is 76.7 Å². The molecule has 7 rings (SSSR count). The Morgan fingerprint density at radius 1 is 1.00 bits per heavy atom. The predicted octanol–water partition coefficient (Wildman–Crippen LogP) is 7.65. The van der Waals surface area contributed by atoms with Gasteiger partial charge < -0.3 is 19.5 Å². The Morgan fingerprint density at radius 2 is 1.71 bits per heavy atom. The van der Waals surface area contributed by atoms with Gasteiger partial charge in [0.2, 0.25) is 5.91 Å². The first-order valence-corrected chi connectivity index (χ1v) is 18.0. The van der Waals surface area contributed by atoms with Crippen molar-refractivity contribution in [3.8, 4) is 16.9 Å². The van der Waals surface area contributed by atoms with Gasteiger partial charge >= 0.3 is 6.09 Å². The molecule has 3 aromatic rings. The molecule has 264 valence electrons. The van der Waals surface area contributed by atoms with Crippen LogP contribution >= 0.6 is 0 Å². The maximum atomic E-state index is 14.7. The van der Waals surface area contributed by atoms with Gasteiger partial charge in [-0.1, -0.05) is 12.1 Å². The van der Waals surface area contributed by atoms with Crippen molar-refractivity contribution < 1.29 is 24.2 Å². The first kappa shape index (κ1) is 34.9. The molecule has 0 radical (unpaired) electrons. The molecule has 0 spiro atoms. The number of anilines is 1. The number of aryl methyl sites for hydroxylation is 1. The SMILES string of the molecule is COCCN(C(=O)O)C1CCC(C(=O)N(CC23CCC(c4ccc(OC)c(C)c4)(CC2)CC3)c2cc(-c3cnn(C(C)C)c3)ccn2)CC1. The fourth-order valence-corrected chi connectivity index (χ4v) is 8.74. The number of pyridine rings is 1. The van der Waals surface area contributed by atoms with Gasteiger partial charge in [-0.2, -0.15) is 5.10 Å². The zero-order chi connectivity index (χ0) is 34.8. The number of hydrogen-bond donors (Lipinski definition) is 1. The van der Waals surface area contributed by atoms with Gasteiger partial charge in [0.25, 0.3) is 0 Å². The van der Waals surface area contributed by atoms with Crippen molar-refractivity contribution in [2.24, 2.45) is 11.3 Å². The molecule has 2 heterocycles. The quantitative estimate of drug-likeness (QED) is 0.211. The summed E-state index contributed by atoms with van der Waals surface area (Å²) in [5, 5.41) is 14.4. The molecule has 0 unspecified atom stereocenters. The van der Waals surface area contributed by atoms with Gasteiger partial charge in [0.15, 0.2) is 0 Å². The van der Waals surface area contributed by atoms with Crippen LogP contribution in [-0.2, 0) is 14.9 Å². The van der Waals surface area contributed by atoms with E-state index in [2.05, 4.69) is 56.3 Å². The van der Waals surface area contributed by atoms with Crippen molar-refractivity contribution >= 4 is 17.8 Å². The molecule has 4 aliphatic carbocycles. The predicted molar refractivity (Wildman–Crippen MR) is 190 cm³/mol. The third-order valence-corrected chi connectivity index (χ3v) is 11.9. The summed E-state index contributed by atoms with van der Waals surface area (Å²) in [5.41, 5.74) is 4.81. The van der Waals surface area contributed by atoms with E-state index in [1.165, 1.54) is 16.0 Å². The van der Waals surface area contributed by atoms with E-state index in [0.29, 0.717) is 51.2 Å². The van der Waals surface area contributed by atoms with Crippen molar-refractivity contribution in [2.75, 3.05) is 38.8 Å². The van der Waals surface area contributed by atoms with Crippen LogP contribution in [0, 0.1) is 18.3 Å². The molecule has 4 aliphatic rings. The zero-order valence-electron chi connectivity index (χ0n) is 29.9. The van der Waals surface area contributed by atoms with E-state index >= 15 is 0 Å². The van der Waals surface area contributed by atoms with E-state index in [0.717, 1.165) is 55.4 Å². The summed E-state index contributed by atoms with van der Waals surface area (Å²) in [4.78, 5) is 35.0. The minimum absolute atomic E-state index is 0.0383. The van der Waals surface area contributed by atoms with Gasteiger partial charge in [0.1, 0.15) is 11.6 Å². The molecule has 4 saturated carbocycles. The van der Waals surface area contributed by atoms with E-state index in [9.17, 15) is 14.7 Å². The third-order valence-electron chi connectivity index (χ3n) is 11.9. The summed E-state index contributed by atoms with van der Waals surface area (Å²) in [5.74, 6) is 1.56. The van der Waals surface area contributed by atoms with Crippen molar-refractivity contribution in [1.82, 2.24) is 19.7 Å². The second-order valence-corrected chi connectivity index (χ2v) is 15.1. The summed E-state index contributed by atoms with van der Waals surface area (Å²) in [6.45, 7) is 7.69.